The van der Waals surface area contributed by atoms with Gasteiger partial charge in [0.25, 0.3) is 0 Å². The van der Waals surface area contributed by atoms with Gasteiger partial charge in [0, 0.05) is 40.0 Å². The van der Waals surface area contributed by atoms with Crippen LogP contribution in [-0.2, 0) is 16.1 Å². The van der Waals surface area contributed by atoms with E-state index in [1.165, 1.54) is 10.9 Å². The predicted octanol–water partition coefficient (Wildman–Crippen LogP) is 2.33. The number of hydrogen-bond donors (Lipinski definition) is 5. The molecular formula is C22H24Cl2N8O3. The highest BCUT2D eigenvalue weighted by Crippen LogP contribution is 2.27. The summed E-state index contributed by atoms with van der Waals surface area (Å²) in [5.41, 5.74) is 7.82. The van der Waals surface area contributed by atoms with E-state index in [0.717, 1.165) is 6.29 Å². The number of aldehydes is 1. The molecule has 6 N–H and O–H groups in total. The maximum atomic E-state index is 11.8. The molecule has 3 unspecified atom stereocenters. The van der Waals surface area contributed by atoms with Crippen LogP contribution in [-0.4, -0.2) is 55.7 Å². The number of piperidine rings is 1. The summed E-state index contributed by atoms with van der Waals surface area (Å²) in [6.45, 7) is 0.839. The molecule has 0 aliphatic carbocycles. The number of aliphatic carboxylic acids is 1. The average Bonchev–Trinajstić information content (AvgIpc) is 3.33. The molecule has 1 aliphatic heterocycles. The van der Waals surface area contributed by atoms with Gasteiger partial charge in [0.1, 0.15) is 6.04 Å². The molecule has 1 aliphatic rings. The number of nitrogens with zero attached hydrogens (tertiary/aromatic N) is 4. The van der Waals surface area contributed by atoms with Gasteiger partial charge in [0.05, 0.1) is 18.1 Å². The summed E-state index contributed by atoms with van der Waals surface area (Å²) in [6.07, 6.45) is 5.76. The Kier molecular flexibility index (Phi) is 7.81. The van der Waals surface area contributed by atoms with Gasteiger partial charge in [-0.2, -0.15) is 5.10 Å². The van der Waals surface area contributed by atoms with Crippen molar-refractivity contribution in [3.05, 3.63) is 52.4 Å². The van der Waals surface area contributed by atoms with Crippen LogP contribution in [0, 0.1) is 0 Å². The first-order valence-corrected chi connectivity index (χ1v) is 11.6. The summed E-state index contributed by atoms with van der Waals surface area (Å²) in [4.78, 5) is 31.8. The van der Waals surface area contributed by atoms with E-state index in [1.807, 2.05) is 0 Å². The topological polar surface area (TPSA) is 160 Å². The number of aromatic nitrogens is 4. The number of carbonyl (C=O) groups excluding carboxylic acids is 1. The van der Waals surface area contributed by atoms with E-state index >= 15 is 0 Å². The lowest BCUT2D eigenvalue weighted by Gasteiger charge is -2.30. The molecule has 4 rings (SSSR count). The van der Waals surface area contributed by atoms with Crippen LogP contribution in [0.2, 0.25) is 10.0 Å². The Balaban J connectivity index is 1.47. The van der Waals surface area contributed by atoms with E-state index in [2.05, 4.69) is 31.0 Å². The van der Waals surface area contributed by atoms with Crippen molar-refractivity contribution >= 4 is 47.1 Å². The van der Waals surface area contributed by atoms with Crippen molar-refractivity contribution in [1.82, 2.24) is 30.4 Å². The van der Waals surface area contributed by atoms with Gasteiger partial charge in [0.2, 0.25) is 0 Å². The number of carboxylic acid groups (broad SMARTS) is 1. The fraction of sp³-hybridized carbons (Fsp3) is 0.318. The summed E-state index contributed by atoms with van der Waals surface area (Å²) < 4.78 is 1.47. The van der Waals surface area contributed by atoms with Crippen LogP contribution in [0.3, 0.4) is 0 Å². The van der Waals surface area contributed by atoms with Crippen LogP contribution in [0.25, 0.3) is 11.3 Å². The van der Waals surface area contributed by atoms with Gasteiger partial charge in [0.15, 0.2) is 24.1 Å². The first-order chi connectivity index (χ1) is 16.9. The molecule has 1 aromatic carbocycles. The largest absolute Gasteiger partial charge is 0.480 e. The Bertz CT molecular complexity index is 1200. The number of rotatable bonds is 9. The molecule has 0 radical (unpaired) electrons. The number of anilines is 2. The van der Waals surface area contributed by atoms with E-state index in [9.17, 15) is 14.7 Å². The van der Waals surface area contributed by atoms with Crippen molar-refractivity contribution in [2.75, 3.05) is 17.6 Å². The Morgan fingerprint density at radius 2 is 2.11 bits per heavy atom. The Hall–Kier alpha value is -3.25. The quantitative estimate of drug-likeness (QED) is 0.266. The highest BCUT2D eigenvalue weighted by molar-refractivity contribution is 6.36. The van der Waals surface area contributed by atoms with Crippen LogP contribution in [0.5, 0.6) is 0 Å². The fourth-order valence-electron chi connectivity index (χ4n) is 3.84. The van der Waals surface area contributed by atoms with Crippen molar-refractivity contribution in [2.24, 2.45) is 0 Å². The smallest absolute Gasteiger partial charge is 0.320 e. The second kappa shape index (κ2) is 11.0. The number of nitrogens with one attached hydrogen (secondary N) is 3. The molecule has 11 nitrogen and oxygen atoms in total. The number of benzene rings is 1. The van der Waals surface area contributed by atoms with E-state index in [1.54, 1.807) is 30.6 Å². The van der Waals surface area contributed by atoms with Gasteiger partial charge in [-0.25, -0.2) is 14.6 Å². The van der Waals surface area contributed by atoms with Gasteiger partial charge < -0.3 is 21.5 Å². The van der Waals surface area contributed by atoms with Crippen molar-refractivity contribution in [1.29, 1.82) is 0 Å². The van der Waals surface area contributed by atoms with Crippen molar-refractivity contribution < 1.29 is 14.7 Å². The number of carbonyl (C=O) groups is 2. The van der Waals surface area contributed by atoms with Gasteiger partial charge in [-0.3, -0.25) is 14.9 Å². The highest BCUT2D eigenvalue weighted by Gasteiger charge is 2.28. The summed E-state index contributed by atoms with van der Waals surface area (Å²) in [5.74, 6) is -0.356. The first-order valence-electron chi connectivity index (χ1n) is 10.9. The average molecular weight is 519 g/mol. The molecule has 1 fully saturated rings. The van der Waals surface area contributed by atoms with Crippen molar-refractivity contribution in [3.8, 4) is 11.3 Å². The minimum absolute atomic E-state index is 0.149. The predicted molar refractivity (Wildman–Crippen MR) is 132 cm³/mol. The van der Waals surface area contributed by atoms with Gasteiger partial charge in [-0.1, -0.05) is 29.3 Å². The molecule has 35 heavy (non-hydrogen) atoms. The molecule has 13 heteroatoms. The summed E-state index contributed by atoms with van der Waals surface area (Å²) in [6, 6.07) is 4.45. The van der Waals surface area contributed by atoms with E-state index in [0.29, 0.717) is 58.6 Å². The van der Waals surface area contributed by atoms with E-state index in [-0.39, 0.29) is 11.9 Å². The normalized spacial score (nSPS) is 18.7. The SMILES string of the molecule is Nc1ncc(-c2cnn(C(C=O)NC3CCNC(C(=O)O)C3)c2)nc1NCc1c(Cl)cccc1Cl. The standard InChI is InChI=1S/C22H24Cl2N8O3/c23-15-2-1-3-16(24)14(15)8-28-21-20(25)27-9-18(31-21)12-7-29-32(10-12)19(11-33)30-13-4-5-26-17(6-13)22(34)35/h1-3,7,9-11,13,17,19,26,30H,4-6,8H2,(H2,25,27)(H,28,31)(H,34,35). The third-order valence-electron chi connectivity index (χ3n) is 5.71. The molecule has 0 amide bonds. The molecule has 3 heterocycles. The number of halogens is 2. The highest BCUT2D eigenvalue weighted by atomic mass is 35.5. The summed E-state index contributed by atoms with van der Waals surface area (Å²) >= 11 is 12.5. The molecule has 0 saturated carbocycles. The van der Waals surface area contributed by atoms with E-state index < -0.39 is 18.2 Å². The molecule has 3 aromatic rings. The molecule has 184 valence electrons. The minimum atomic E-state index is -0.913. The number of hydrogen-bond acceptors (Lipinski definition) is 9. The van der Waals surface area contributed by atoms with Crippen LogP contribution in [0.15, 0.2) is 36.8 Å². The summed E-state index contributed by atoms with van der Waals surface area (Å²) in [7, 11) is 0. The van der Waals surface area contributed by atoms with Crippen molar-refractivity contribution in [3.63, 3.8) is 0 Å². The molecule has 3 atom stereocenters. The number of nitrogen functional groups attached to an aromatic ring is 1. The second-order valence-electron chi connectivity index (χ2n) is 8.07. The zero-order valence-corrected chi connectivity index (χ0v) is 20.0. The van der Waals surface area contributed by atoms with Crippen LogP contribution < -0.4 is 21.7 Å². The lowest BCUT2D eigenvalue weighted by Crippen LogP contribution is -2.51. The molecule has 0 bridgehead atoms. The van der Waals surface area contributed by atoms with Crippen molar-refractivity contribution in [2.45, 2.75) is 37.6 Å². The van der Waals surface area contributed by atoms with Gasteiger partial charge in [-0.05, 0) is 31.5 Å². The number of nitrogens with two attached hydrogens (primary N) is 1. The maximum Gasteiger partial charge on any atom is 0.320 e. The number of carboxylic acids is 1. The first kappa shape index (κ1) is 24.9. The Labute approximate surface area is 211 Å². The molecule has 1 saturated heterocycles. The maximum absolute atomic E-state index is 11.8. The van der Waals surface area contributed by atoms with E-state index in [4.69, 9.17) is 28.9 Å². The lowest BCUT2D eigenvalue weighted by molar-refractivity contribution is -0.140. The Morgan fingerprint density at radius 3 is 2.83 bits per heavy atom. The van der Waals surface area contributed by atoms with Crippen LogP contribution >= 0.6 is 23.2 Å². The monoisotopic (exact) mass is 518 g/mol. The summed E-state index contributed by atoms with van der Waals surface area (Å²) in [5, 5.41) is 23.8. The van der Waals surface area contributed by atoms with Gasteiger partial charge in [-0.15, -0.1) is 0 Å². The zero-order chi connectivity index (χ0) is 24.9. The third-order valence-corrected chi connectivity index (χ3v) is 6.42. The van der Waals surface area contributed by atoms with Crippen LogP contribution in [0.1, 0.15) is 24.6 Å². The molecule has 0 spiro atoms. The van der Waals surface area contributed by atoms with Crippen LogP contribution in [0.4, 0.5) is 11.6 Å². The minimum Gasteiger partial charge on any atom is -0.480 e. The fourth-order valence-corrected chi connectivity index (χ4v) is 4.37. The Morgan fingerprint density at radius 1 is 1.34 bits per heavy atom. The second-order valence-corrected chi connectivity index (χ2v) is 8.88. The zero-order valence-electron chi connectivity index (χ0n) is 18.5. The van der Waals surface area contributed by atoms with Gasteiger partial charge >= 0.3 is 5.97 Å². The third kappa shape index (κ3) is 5.88. The molecular weight excluding hydrogens is 495 g/mol. The lowest BCUT2D eigenvalue weighted by atomic mass is 9.99. The molecule has 2 aromatic heterocycles.